The summed E-state index contributed by atoms with van der Waals surface area (Å²) in [7, 11) is -1.57. The lowest BCUT2D eigenvalue weighted by atomic mass is 9.80. The second-order valence-corrected chi connectivity index (χ2v) is 19.2. The second-order valence-electron chi connectivity index (χ2n) is 17.6. The SMILES string of the molecule is COc1ccc(C(OC[C@H]2O[C@@H](n3cc(C)c(NCCN=CCCCCCNC(=O)C(F)(F)F)nc3=O)[C@H](O)[C@@H]2OP(=O)(O)N(C(C)C)C(C)(C)C)(c2ccccc2)c2ccc(OC)cc2)cc1. The van der Waals surface area contributed by atoms with E-state index in [0.717, 1.165) is 10.1 Å². The van der Waals surface area contributed by atoms with Crippen LogP contribution in [-0.4, -0.2) is 113 Å². The van der Waals surface area contributed by atoms with Crippen molar-refractivity contribution in [2.24, 2.45) is 4.99 Å². The summed E-state index contributed by atoms with van der Waals surface area (Å²) in [6.07, 6.45) is -5.28. The van der Waals surface area contributed by atoms with E-state index in [1.54, 1.807) is 62.0 Å². The Hall–Kier alpha value is -5.14. The number of anilines is 1. The molecule has 4 aromatic rings. The van der Waals surface area contributed by atoms with E-state index in [4.69, 9.17) is 23.5 Å². The van der Waals surface area contributed by atoms with Crippen LogP contribution < -0.4 is 25.8 Å². The molecule has 16 nitrogen and oxygen atoms in total. The molecule has 0 saturated carbocycles. The number of aryl methyl sites for hydroxylation is 1. The van der Waals surface area contributed by atoms with Gasteiger partial charge < -0.3 is 39.6 Å². The predicted molar refractivity (Wildman–Crippen MR) is 252 cm³/mol. The minimum absolute atomic E-state index is 0.0644. The Morgan fingerprint density at radius 2 is 1.53 bits per heavy atom. The third-order valence-corrected chi connectivity index (χ3v) is 13.4. The van der Waals surface area contributed by atoms with Crippen molar-refractivity contribution < 1.29 is 56.0 Å². The molecule has 372 valence electrons. The molecular weight excluding hydrogens is 909 g/mol. The average Bonchev–Trinajstić information content (AvgIpc) is 3.58. The zero-order valence-electron chi connectivity index (χ0n) is 39.7. The number of alkyl halides is 3. The van der Waals surface area contributed by atoms with Crippen molar-refractivity contribution in [3.63, 3.8) is 0 Å². The number of carbonyl (C=O) groups excluding carboxylic acids is 1. The van der Waals surface area contributed by atoms with Crippen LogP contribution in [-0.2, 0) is 29.0 Å². The molecule has 2 heterocycles. The highest BCUT2D eigenvalue weighted by Gasteiger charge is 2.53. The number of hydrogen-bond donors (Lipinski definition) is 4. The molecule has 0 radical (unpaired) electrons. The number of aliphatic hydroxyl groups excluding tert-OH is 1. The van der Waals surface area contributed by atoms with Crippen molar-refractivity contribution in [1.82, 2.24) is 19.5 Å². The number of hydrogen-bond acceptors (Lipinski definition) is 12. The van der Waals surface area contributed by atoms with Gasteiger partial charge in [-0.25, -0.2) is 14.0 Å². The lowest BCUT2D eigenvalue weighted by molar-refractivity contribution is -0.173. The molecule has 1 fully saturated rings. The fourth-order valence-electron chi connectivity index (χ4n) is 8.34. The van der Waals surface area contributed by atoms with Gasteiger partial charge >= 0.3 is 25.5 Å². The van der Waals surface area contributed by atoms with Gasteiger partial charge in [-0.1, -0.05) is 61.0 Å². The highest BCUT2D eigenvalue weighted by Crippen LogP contribution is 2.55. The largest absolute Gasteiger partial charge is 0.497 e. The Balaban J connectivity index is 1.41. The molecule has 4 N–H and O–H groups in total. The zero-order valence-corrected chi connectivity index (χ0v) is 40.6. The van der Waals surface area contributed by atoms with Crippen LogP contribution in [0.15, 0.2) is 94.8 Å². The van der Waals surface area contributed by atoms with Crippen molar-refractivity contribution >= 4 is 25.7 Å². The number of amides is 1. The summed E-state index contributed by atoms with van der Waals surface area (Å²) in [6.45, 7) is 10.8. The van der Waals surface area contributed by atoms with Gasteiger partial charge in [0.15, 0.2) is 6.23 Å². The van der Waals surface area contributed by atoms with E-state index in [1.165, 1.54) is 10.9 Å². The minimum Gasteiger partial charge on any atom is -0.497 e. The molecule has 1 saturated heterocycles. The summed E-state index contributed by atoms with van der Waals surface area (Å²) in [5, 5.41) is 17.1. The quantitative estimate of drug-likeness (QED) is 0.0247. The maximum absolute atomic E-state index is 14.4. The molecule has 68 heavy (non-hydrogen) atoms. The number of halogens is 3. The molecular formula is C48H64F3N6O10P. The van der Waals surface area contributed by atoms with Crippen LogP contribution in [0.5, 0.6) is 11.5 Å². The number of unbranched alkanes of at least 4 members (excludes halogenated alkanes) is 3. The number of nitrogens with one attached hydrogen (secondary N) is 2. The first kappa shape index (κ1) is 53.8. The Labute approximate surface area is 395 Å². The minimum atomic E-state index is -4.90. The number of aliphatic imine (C=N–C) groups is 1. The van der Waals surface area contributed by atoms with E-state index in [9.17, 15) is 37.3 Å². The van der Waals surface area contributed by atoms with Crippen LogP contribution >= 0.6 is 7.75 Å². The molecule has 0 spiro atoms. The summed E-state index contributed by atoms with van der Waals surface area (Å²) < 4.78 is 84.6. The highest BCUT2D eigenvalue weighted by molar-refractivity contribution is 7.50. The van der Waals surface area contributed by atoms with Crippen LogP contribution in [0.4, 0.5) is 19.0 Å². The van der Waals surface area contributed by atoms with Crippen LogP contribution in [0.25, 0.3) is 0 Å². The number of aromatic nitrogens is 2. The standard InChI is InChI=1S/C48H64F3N6O10P/c1-32(2)57(46(4,5)6)68(61,62)67-41-39(31-65-47(34-16-12-11-13-17-34,35-18-22-37(63-7)23-19-35)36-20-24-38(64-8)25-21-36)66-43(40(41)58)56-30-33(3)42(55-45(56)60)53-29-28-52-26-14-9-10-15-27-54-44(59)48(49,50)51/h11-13,16-26,30,32,39-41,43,58H,9-10,14-15,27-29,31H2,1-8H3,(H,54,59)(H,61,62)(H,53,55,60)/t39-,40-,41-,43-/m1/s1. The van der Waals surface area contributed by atoms with E-state index in [1.807, 2.05) is 84.2 Å². The Kier molecular flexibility index (Phi) is 18.6. The molecule has 20 heteroatoms. The maximum atomic E-state index is 14.4. The van der Waals surface area contributed by atoms with E-state index in [0.29, 0.717) is 67.0 Å². The maximum Gasteiger partial charge on any atom is 0.471 e. The predicted octanol–water partition coefficient (Wildman–Crippen LogP) is 7.55. The number of aliphatic hydroxyl groups is 1. The summed E-state index contributed by atoms with van der Waals surface area (Å²) in [5.41, 5.74) is -0.319. The molecule has 3 aromatic carbocycles. The fourth-order valence-corrected chi connectivity index (χ4v) is 10.4. The molecule has 1 aliphatic heterocycles. The number of ether oxygens (including phenoxy) is 4. The fraction of sp³-hybridized carbons (Fsp3) is 0.500. The molecule has 5 rings (SSSR count). The van der Waals surface area contributed by atoms with Gasteiger partial charge in [0.2, 0.25) is 0 Å². The second kappa shape index (κ2) is 23.4. The van der Waals surface area contributed by atoms with Crippen LogP contribution in [0.3, 0.4) is 0 Å². The monoisotopic (exact) mass is 972 g/mol. The van der Waals surface area contributed by atoms with Gasteiger partial charge in [0, 0.05) is 36.4 Å². The first-order chi connectivity index (χ1) is 32.1. The molecule has 1 aliphatic rings. The molecule has 1 unspecified atom stereocenters. The average molecular weight is 973 g/mol. The van der Waals surface area contributed by atoms with Gasteiger partial charge in [-0.2, -0.15) is 18.2 Å². The Bertz CT molecular complexity index is 2330. The first-order valence-corrected chi connectivity index (χ1v) is 24.0. The van der Waals surface area contributed by atoms with Crippen LogP contribution in [0, 0.1) is 6.92 Å². The topological polar surface area (TPSA) is 195 Å². The van der Waals surface area contributed by atoms with Gasteiger partial charge in [-0.15, -0.1) is 0 Å². The van der Waals surface area contributed by atoms with Gasteiger partial charge in [-0.05, 0) is 108 Å². The van der Waals surface area contributed by atoms with Gasteiger partial charge in [0.05, 0.1) is 27.4 Å². The van der Waals surface area contributed by atoms with Crippen LogP contribution in [0.2, 0.25) is 0 Å². The first-order valence-electron chi connectivity index (χ1n) is 22.4. The lowest BCUT2D eigenvalue weighted by Crippen LogP contribution is -2.46. The third-order valence-electron chi connectivity index (χ3n) is 11.3. The number of rotatable bonds is 23. The van der Waals surface area contributed by atoms with Crippen molar-refractivity contribution in [3.05, 3.63) is 118 Å². The summed E-state index contributed by atoms with van der Waals surface area (Å²) in [4.78, 5) is 45.1. The Morgan fingerprint density at radius 3 is 2.07 bits per heavy atom. The van der Waals surface area contributed by atoms with E-state index < -0.39 is 67.2 Å². The van der Waals surface area contributed by atoms with E-state index >= 15 is 0 Å². The number of benzene rings is 3. The number of nitrogens with zero attached hydrogens (tertiary/aromatic N) is 4. The zero-order chi connectivity index (χ0) is 49.9. The normalized spacial score (nSPS) is 18.8. The van der Waals surface area contributed by atoms with Gasteiger partial charge in [0.25, 0.3) is 0 Å². The van der Waals surface area contributed by atoms with Gasteiger partial charge in [0.1, 0.15) is 41.2 Å². The smallest absolute Gasteiger partial charge is 0.471 e. The molecule has 0 aliphatic carbocycles. The number of carbonyl (C=O) groups is 1. The molecule has 1 aromatic heterocycles. The third kappa shape index (κ3) is 13.3. The summed E-state index contributed by atoms with van der Waals surface area (Å²) in [5.74, 6) is -0.449. The highest BCUT2D eigenvalue weighted by atomic mass is 31.2. The molecule has 0 bridgehead atoms. The number of methoxy groups -OCH3 is 2. The summed E-state index contributed by atoms with van der Waals surface area (Å²) >= 11 is 0. The van der Waals surface area contributed by atoms with Crippen molar-refractivity contribution in [3.8, 4) is 11.5 Å². The lowest BCUT2D eigenvalue weighted by Gasteiger charge is -2.41. The van der Waals surface area contributed by atoms with Crippen LogP contribution in [0.1, 0.15) is 88.8 Å². The van der Waals surface area contributed by atoms with Crippen molar-refractivity contribution in [2.45, 2.75) is 115 Å². The van der Waals surface area contributed by atoms with Crippen molar-refractivity contribution in [2.75, 3.05) is 45.8 Å². The molecule has 1 amide bonds. The van der Waals surface area contributed by atoms with E-state index in [2.05, 4.69) is 15.3 Å². The summed E-state index contributed by atoms with van der Waals surface area (Å²) in [6, 6.07) is 23.8. The van der Waals surface area contributed by atoms with Crippen molar-refractivity contribution in [1.29, 1.82) is 0 Å². The molecule has 5 atom stereocenters. The van der Waals surface area contributed by atoms with E-state index in [-0.39, 0.29) is 19.0 Å². The Morgan fingerprint density at radius 1 is 0.941 bits per heavy atom. The van der Waals surface area contributed by atoms with Gasteiger partial charge in [-0.3, -0.25) is 18.9 Å².